The predicted molar refractivity (Wildman–Crippen MR) is 76.3 cm³/mol. The van der Waals surface area contributed by atoms with Crippen LogP contribution in [0.5, 0.6) is 5.75 Å². The average molecular weight is 279 g/mol. The summed E-state index contributed by atoms with van der Waals surface area (Å²) < 4.78 is 18.5. The number of halogens is 1. The highest BCUT2D eigenvalue weighted by molar-refractivity contribution is 5.83. The quantitative estimate of drug-likeness (QED) is 0.801. The van der Waals surface area contributed by atoms with E-state index in [1.807, 2.05) is 18.0 Å². The van der Waals surface area contributed by atoms with Gasteiger partial charge in [0.25, 0.3) is 0 Å². The highest BCUT2D eigenvalue weighted by Crippen LogP contribution is 2.25. The van der Waals surface area contributed by atoms with Gasteiger partial charge in [-0.25, -0.2) is 4.39 Å². The molecule has 0 amide bonds. The van der Waals surface area contributed by atoms with E-state index in [4.69, 9.17) is 4.74 Å². The SMILES string of the molecule is COc1ccc(CN(C)CC(=O)C2CCCC2)cc1F. The van der Waals surface area contributed by atoms with E-state index in [0.29, 0.717) is 18.9 Å². The van der Waals surface area contributed by atoms with Crippen LogP contribution in [-0.2, 0) is 11.3 Å². The number of ether oxygens (including phenoxy) is 1. The molecule has 0 saturated heterocycles. The topological polar surface area (TPSA) is 29.5 Å². The molecule has 20 heavy (non-hydrogen) atoms. The van der Waals surface area contributed by atoms with Crippen molar-refractivity contribution >= 4 is 5.78 Å². The summed E-state index contributed by atoms with van der Waals surface area (Å²) in [4.78, 5) is 14.0. The Bertz CT molecular complexity index is 470. The molecule has 0 heterocycles. The third kappa shape index (κ3) is 3.79. The Hall–Kier alpha value is -1.42. The molecule has 0 bridgehead atoms. The number of Topliss-reactive ketones (excluding diaryl/α,β-unsaturated/α-hetero) is 1. The van der Waals surface area contributed by atoms with Crippen LogP contribution in [0.3, 0.4) is 0 Å². The van der Waals surface area contributed by atoms with Gasteiger partial charge >= 0.3 is 0 Å². The molecule has 1 aliphatic rings. The van der Waals surface area contributed by atoms with Crippen molar-refractivity contribution in [1.82, 2.24) is 4.90 Å². The highest BCUT2D eigenvalue weighted by Gasteiger charge is 2.23. The number of carbonyl (C=O) groups is 1. The minimum absolute atomic E-state index is 0.241. The molecule has 0 aromatic heterocycles. The lowest BCUT2D eigenvalue weighted by molar-refractivity contribution is -0.123. The lowest BCUT2D eigenvalue weighted by Crippen LogP contribution is -2.29. The van der Waals surface area contributed by atoms with E-state index in [0.717, 1.165) is 18.4 Å². The summed E-state index contributed by atoms with van der Waals surface area (Å²) >= 11 is 0. The second kappa shape index (κ2) is 6.84. The molecule has 0 unspecified atom stereocenters. The van der Waals surface area contributed by atoms with Gasteiger partial charge < -0.3 is 4.74 Å². The Morgan fingerprint density at radius 2 is 2.10 bits per heavy atom. The fourth-order valence-corrected chi connectivity index (χ4v) is 2.82. The molecule has 2 rings (SSSR count). The van der Waals surface area contributed by atoms with Crippen molar-refractivity contribution in [2.75, 3.05) is 20.7 Å². The molecule has 0 radical (unpaired) electrons. The summed E-state index contributed by atoms with van der Waals surface area (Å²) in [6.07, 6.45) is 4.40. The van der Waals surface area contributed by atoms with E-state index >= 15 is 0 Å². The molecule has 1 aliphatic carbocycles. The third-order valence-electron chi connectivity index (χ3n) is 3.90. The summed E-state index contributed by atoms with van der Waals surface area (Å²) in [6.45, 7) is 1.01. The smallest absolute Gasteiger partial charge is 0.165 e. The Morgan fingerprint density at radius 3 is 2.70 bits per heavy atom. The minimum Gasteiger partial charge on any atom is -0.494 e. The lowest BCUT2D eigenvalue weighted by Gasteiger charge is -2.18. The molecule has 1 saturated carbocycles. The normalized spacial score (nSPS) is 15.8. The first-order valence-corrected chi connectivity index (χ1v) is 7.14. The van der Waals surface area contributed by atoms with Crippen LogP contribution in [0, 0.1) is 11.7 Å². The van der Waals surface area contributed by atoms with Gasteiger partial charge in [0.2, 0.25) is 0 Å². The van der Waals surface area contributed by atoms with E-state index in [1.54, 1.807) is 6.07 Å². The number of methoxy groups -OCH3 is 1. The zero-order valence-electron chi connectivity index (χ0n) is 12.2. The fraction of sp³-hybridized carbons (Fsp3) is 0.562. The molecule has 110 valence electrons. The first kappa shape index (κ1) is 15.0. The Morgan fingerprint density at radius 1 is 1.40 bits per heavy atom. The number of benzene rings is 1. The molecule has 1 fully saturated rings. The van der Waals surface area contributed by atoms with Crippen LogP contribution in [0.1, 0.15) is 31.2 Å². The number of likely N-dealkylation sites (N-methyl/N-ethyl adjacent to an activating group) is 1. The van der Waals surface area contributed by atoms with Gasteiger partial charge in [0, 0.05) is 12.5 Å². The van der Waals surface area contributed by atoms with Gasteiger partial charge in [-0.2, -0.15) is 0 Å². The van der Waals surface area contributed by atoms with Crippen LogP contribution in [-0.4, -0.2) is 31.4 Å². The van der Waals surface area contributed by atoms with Gasteiger partial charge in [0.1, 0.15) is 5.78 Å². The van der Waals surface area contributed by atoms with Gasteiger partial charge in [-0.05, 0) is 37.6 Å². The van der Waals surface area contributed by atoms with Crippen molar-refractivity contribution < 1.29 is 13.9 Å². The van der Waals surface area contributed by atoms with Crippen LogP contribution < -0.4 is 4.74 Å². The molecule has 3 nitrogen and oxygen atoms in total. The summed E-state index contributed by atoms with van der Waals surface area (Å²) in [5.41, 5.74) is 0.852. The number of hydrogen-bond acceptors (Lipinski definition) is 3. The number of rotatable bonds is 6. The summed E-state index contributed by atoms with van der Waals surface area (Å²) in [7, 11) is 3.35. The molecule has 4 heteroatoms. The number of nitrogens with zero attached hydrogens (tertiary/aromatic N) is 1. The Labute approximate surface area is 119 Å². The van der Waals surface area contributed by atoms with Crippen molar-refractivity contribution in [1.29, 1.82) is 0 Å². The van der Waals surface area contributed by atoms with Gasteiger partial charge in [-0.15, -0.1) is 0 Å². The average Bonchev–Trinajstić information content (AvgIpc) is 2.92. The van der Waals surface area contributed by atoms with Crippen LogP contribution in [0.2, 0.25) is 0 Å². The van der Waals surface area contributed by atoms with Gasteiger partial charge in [0.15, 0.2) is 11.6 Å². The zero-order chi connectivity index (χ0) is 14.5. The van der Waals surface area contributed by atoms with Crippen LogP contribution in [0.15, 0.2) is 18.2 Å². The molecule has 0 spiro atoms. The Kier molecular flexibility index (Phi) is 5.12. The first-order chi connectivity index (χ1) is 9.60. The zero-order valence-corrected chi connectivity index (χ0v) is 12.2. The Balaban J connectivity index is 1.88. The van der Waals surface area contributed by atoms with Crippen LogP contribution in [0.4, 0.5) is 4.39 Å². The highest BCUT2D eigenvalue weighted by atomic mass is 19.1. The summed E-state index contributed by atoms with van der Waals surface area (Å²) in [5, 5.41) is 0. The van der Waals surface area contributed by atoms with Crippen molar-refractivity contribution in [3.8, 4) is 5.75 Å². The maximum Gasteiger partial charge on any atom is 0.165 e. The van der Waals surface area contributed by atoms with Crippen molar-refractivity contribution in [2.24, 2.45) is 5.92 Å². The van der Waals surface area contributed by atoms with Crippen molar-refractivity contribution in [3.63, 3.8) is 0 Å². The monoisotopic (exact) mass is 279 g/mol. The van der Waals surface area contributed by atoms with Crippen molar-refractivity contribution in [2.45, 2.75) is 32.2 Å². The number of carbonyl (C=O) groups excluding carboxylic acids is 1. The standard InChI is InChI=1S/C16H22FNO2/c1-18(11-15(19)13-5-3-4-6-13)10-12-7-8-16(20-2)14(17)9-12/h7-9,13H,3-6,10-11H2,1-2H3. The largest absolute Gasteiger partial charge is 0.494 e. The second-order valence-electron chi connectivity index (χ2n) is 5.59. The van der Waals surface area contributed by atoms with Crippen molar-refractivity contribution in [3.05, 3.63) is 29.6 Å². The van der Waals surface area contributed by atoms with E-state index in [9.17, 15) is 9.18 Å². The van der Waals surface area contributed by atoms with Crippen LogP contribution >= 0.6 is 0 Å². The van der Waals surface area contributed by atoms with Gasteiger partial charge in [0.05, 0.1) is 13.7 Å². The molecular weight excluding hydrogens is 257 g/mol. The molecule has 1 aromatic rings. The fourth-order valence-electron chi connectivity index (χ4n) is 2.82. The van der Waals surface area contributed by atoms with E-state index in [1.165, 1.54) is 26.0 Å². The molecule has 0 N–H and O–H groups in total. The van der Waals surface area contributed by atoms with E-state index in [2.05, 4.69) is 0 Å². The first-order valence-electron chi connectivity index (χ1n) is 7.14. The lowest BCUT2D eigenvalue weighted by atomic mass is 10.0. The van der Waals surface area contributed by atoms with Crippen LogP contribution in [0.25, 0.3) is 0 Å². The minimum atomic E-state index is -0.361. The van der Waals surface area contributed by atoms with Gasteiger partial charge in [-0.3, -0.25) is 9.69 Å². The third-order valence-corrected chi connectivity index (χ3v) is 3.90. The maximum absolute atomic E-state index is 13.6. The van der Waals surface area contributed by atoms with Gasteiger partial charge in [-0.1, -0.05) is 18.9 Å². The molecule has 0 atom stereocenters. The number of hydrogen-bond donors (Lipinski definition) is 0. The molecule has 1 aromatic carbocycles. The van der Waals surface area contributed by atoms with E-state index in [-0.39, 0.29) is 17.5 Å². The molecular formula is C16H22FNO2. The number of ketones is 1. The summed E-state index contributed by atoms with van der Waals surface area (Å²) in [5.74, 6) is 0.447. The maximum atomic E-state index is 13.6. The summed E-state index contributed by atoms with van der Waals surface area (Å²) in [6, 6.07) is 4.92. The second-order valence-corrected chi connectivity index (χ2v) is 5.59. The predicted octanol–water partition coefficient (Wildman–Crippen LogP) is 3.03. The molecule has 0 aliphatic heterocycles. The van der Waals surface area contributed by atoms with E-state index < -0.39 is 0 Å².